The minimum atomic E-state index is -0.849. The fourth-order valence-electron chi connectivity index (χ4n) is 2.41. The highest BCUT2D eigenvalue weighted by atomic mass is 16.2. The standard InChI is InChI=1S/C14H22N4O2/c1-9(2)11-12(19)18(14(3,4)13(20)16-11)8-10-6-15-17(5)7-10/h6-7,9,11H,8H2,1-5H3,(H,16,20). The molecule has 0 aromatic carbocycles. The molecule has 1 aliphatic heterocycles. The van der Waals surface area contributed by atoms with E-state index in [2.05, 4.69) is 10.4 Å². The van der Waals surface area contributed by atoms with Crippen LogP contribution in [0.25, 0.3) is 0 Å². The van der Waals surface area contributed by atoms with E-state index in [1.807, 2.05) is 27.1 Å². The molecular formula is C14H22N4O2. The summed E-state index contributed by atoms with van der Waals surface area (Å²) >= 11 is 0. The molecular weight excluding hydrogens is 256 g/mol. The molecule has 0 bridgehead atoms. The largest absolute Gasteiger partial charge is 0.342 e. The predicted octanol–water partition coefficient (Wildman–Crippen LogP) is 0.682. The van der Waals surface area contributed by atoms with Crippen molar-refractivity contribution in [3.63, 3.8) is 0 Å². The number of nitrogens with one attached hydrogen (secondary N) is 1. The maximum Gasteiger partial charge on any atom is 0.246 e. The number of carbonyl (C=O) groups is 2. The predicted molar refractivity (Wildman–Crippen MR) is 74.6 cm³/mol. The Bertz CT molecular complexity index is 533. The van der Waals surface area contributed by atoms with Gasteiger partial charge in [0.2, 0.25) is 11.8 Å². The first kappa shape index (κ1) is 14.6. The molecule has 1 aromatic heterocycles. The Kier molecular flexibility index (Phi) is 3.58. The van der Waals surface area contributed by atoms with Gasteiger partial charge in [-0.25, -0.2) is 0 Å². The van der Waals surface area contributed by atoms with Crippen LogP contribution in [0.5, 0.6) is 0 Å². The first-order chi connectivity index (χ1) is 9.23. The molecule has 2 heterocycles. The lowest BCUT2D eigenvalue weighted by Gasteiger charge is -2.45. The molecule has 0 spiro atoms. The third-order valence-electron chi connectivity index (χ3n) is 3.81. The summed E-state index contributed by atoms with van der Waals surface area (Å²) in [5.41, 5.74) is 0.0734. The van der Waals surface area contributed by atoms with Crippen molar-refractivity contribution in [2.75, 3.05) is 0 Å². The minimum absolute atomic E-state index is 0.0338. The Hall–Kier alpha value is -1.85. The second-order valence-corrected chi connectivity index (χ2v) is 6.20. The van der Waals surface area contributed by atoms with Gasteiger partial charge in [-0.3, -0.25) is 14.3 Å². The van der Waals surface area contributed by atoms with Crippen molar-refractivity contribution >= 4 is 11.8 Å². The van der Waals surface area contributed by atoms with Crippen molar-refractivity contribution in [2.45, 2.75) is 45.8 Å². The summed E-state index contributed by atoms with van der Waals surface area (Å²) in [6.45, 7) is 7.81. The number of aromatic nitrogens is 2. The van der Waals surface area contributed by atoms with Crippen molar-refractivity contribution in [3.05, 3.63) is 18.0 Å². The van der Waals surface area contributed by atoms with Crippen molar-refractivity contribution < 1.29 is 9.59 Å². The van der Waals surface area contributed by atoms with Crippen LogP contribution in [0.2, 0.25) is 0 Å². The highest BCUT2D eigenvalue weighted by Crippen LogP contribution is 2.25. The first-order valence-electron chi connectivity index (χ1n) is 6.83. The van der Waals surface area contributed by atoms with Gasteiger partial charge >= 0.3 is 0 Å². The molecule has 0 radical (unpaired) electrons. The fraction of sp³-hybridized carbons (Fsp3) is 0.643. The van der Waals surface area contributed by atoms with Crippen LogP contribution in [-0.2, 0) is 23.2 Å². The van der Waals surface area contributed by atoms with Crippen LogP contribution >= 0.6 is 0 Å². The highest BCUT2D eigenvalue weighted by Gasteiger charge is 2.46. The minimum Gasteiger partial charge on any atom is -0.342 e. The van der Waals surface area contributed by atoms with Crippen molar-refractivity contribution in [1.82, 2.24) is 20.0 Å². The van der Waals surface area contributed by atoms with E-state index >= 15 is 0 Å². The van der Waals surface area contributed by atoms with E-state index < -0.39 is 11.6 Å². The number of hydrogen-bond acceptors (Lipinski definition) is 3. The average molecular weight is 278 g/mol. The number of nitrogens with zero attached hydrogens (tertiary/aromatic N) is 3. The van der Waals surface area contributed by atoms with E-state index in [0.717, 1.165) is 5.56 Å². The monoisotopic (exact) mass is 278 g/mol. The molecule has 1 saturated heterocycles. The Balaban J connectivity index is 2.30. The maximum atomic E-state index is 12.6. The lowest BCUT2D eigenvalue weighted by Crippen LogP contribution is -2.69. The number of rotatable bonds is 3. The number of hydrogen-bond donors (Lipinski definition) is 1. The molecule has 0 aliphatic carbocycles. The van der Waals surface area contributed by atoms with E-state index in [4.69, 9.17) is 0 Å². The smallest absolute Gasteiger partial charge is 0.246 e. The first-order valence-corrected chi connectivity index (χ1v) is 6.83. The average Bonchev–Trinajstić information content (AvgIpc) is 2.75. The van der Waals surface area contributed by atoms with E-state index in [0.29, 0.717) is 6.54 Å². The van der Waals surface area contributed by atoms with Crippen LogP contribution < -0.4 is 5.32 Å². The molecule has 1 aromatic rings. The van der Waals surface area contributed by atoms with Crippen LogP contribution in [0.4, 0.5) is 0 Å². The van der Waals surface area contributed by atoms with E-state index in [1.165, 1.54) is 0 Å². The number of amides is 2. The van der Waals surface area contributed by atoms with Gasteiger partial charge in [0.1, 0.15) is 11.6 Å². The molecule has 1 atom stereocenters. The molecule has 1 aliphatic rings. The Morgan fingerprint density at radius 2 is 2.05 bits per heavy atom. The Morgan fingerprint density at radius 3 is 2.55 bits per heavy atom. The van der Waals surface area contributed by atoms with Crippen LogP contribution in [0.15, 0.2) is 12.4 Å². The van der Waals surface area contributed by atoms with E-state index in [9.17, 15) is 9.59 Å². The number of aryl methyl sites for hydroxylation is 1. The summed E-state index contributed by atoms with van der Waals surface area (Å²) in [5, 5.41) is 6.93. The lowest BCUT2D eigenvalue weighted by atomic mass is 9.91. The normalized spacial score (nSPS) is 22.3. The molecule has 20 heavy (non-hydrogen) atoms. The molecule has 1 N–H and O–H groups in total. The van der Waals surface area contributed by atoms with E-state index in [1.54, 1.807) is 29.6 Å². The quantitative estimate of drug-likeness (QED) is 0.884. The SMILES string of the molecule is CC(C)C1NC(=O)C(C)(C)N(Cc2cnn(C)c2)C1=O. The van der Waals surface area contributed by atoms with E-state index in [-0.39, 0.29) is 17.7 Å². The van der Waals surface area contributed by atoms with Gasteiger partial charge in [-0.2, -0.15) is 5.10 Å². The molecule has 0 saturated carbocycles. The zero-order valence-corrected chi connectivity index (χ0v) is 12.7. The maximum absolute atomic E-state index is 12.6. The van der Waals surface area contributed by atoms with Gasteiger partial charge in [-0.1, -0.05) is 13.8 Å². The van der Waals surface area contributed by atoms with Crippen molar-refractivity contribution in [1.29, 1.82) is 0 Å². The number of carbonyl (C=O) groups excluding carboxylic acids is 2. The second-order valence-electron chi connectivity index (χ2n) is 6.20. The zero-order chi connectivity index (χ0) is 15.1. The van der Waals surface area contributed by atoms with Crippen LogP contribution in [0.3, 0.4) is 0 Å². The van der Waals surface area contributed by atoms with Crippen molar-refractivity contribution in [2.24, 2.45) is 13.0 Å². The summed E-state index contributed by atoms with van der Waals surface area (Å²) in [6, 6.07) is -0.452. The summed E-state index contributed by atoms with van der Waals surface area (Å²) in [7, 11) is 1.83. The van der Waals surface area contributed by atoms with Gasteiger partial charge in [-0.05, 0) is 19.8 Å². The molecule has 1 fully saturated rings. The van der Waals surface area contributed by atoms with Gasteiger partial charge < -0.3 is 10.2 Å². The third-order valence-corrected chi connectivity index (χ3v) is 3.81. The van der Waals surface area contributed by atoms with Gasteiger partial charge in [0.05, 0.1) is 6.20 Å². The fourth-order valence-corrected chi connectivity index (χ4v) is 2.41. The number of piperazine rings is 1. The van der Waals surface area contributed by atoms with Gasteiger partial charge in [-0.15, -0.1) is 0 Å². The second kappa shape index (κ2) is 4.92. The molecule has 110 valence electrons. The third kappa shape index (κ3) is 2.42. The zero-order valence-electron chi connectivity index (χ0n) is 12.7. The molecule has 2 amide bonds. The van der Waals surface area contributed by atoms with Gasteiger partial charge in [0.15, 0.2) is 0 Å². The lowest BCUT2D eigenvalue weighted by molar-refractivity contribution is -0.157. The highest BCUT2D eigenvalue weighted by molar-refractivity contribution is 5.99. The summed E-state index contributed by atoms with van der Waals surface area (Å²) in [5.74, 6) is -0.0768. The molecule has 6 heteroatoms. The summed E-state index contributed by atoms with van der Waals surface area (Å²) in [4.78, 5) is 26.5. The van der Waals surface area contributed by atoms with Crippen LogP contribution in [0.1, 0.15) is 33.3 Å². The Labute approximate surface area is 119 Å². The molecule has 1 unspecified atom stereocenters. The Morgan fingerprint density at radius 1 is 1.40 bits per heavy atom. The topological polar surface area (TPSA) is 67.2 Å². The van der Waals surface area contributed by atoms with Gasteiger partial charge in [0, 0.05) is 25.4 Å². The van der Waals surface area contributed by atoms with Gasteiger partial charge in [0.25, 0.3) is 0 Å². The molecule has 2 rings (SSSR count). The molecule has 6 nitrogen and oxygen atoms in total. The van der Waals surface area contributed by atoms with Crippen molar-refractivity contribution in [3.8, 4) is 0 Å². The summed E-state index contributed by atoms with van der Waals surface area (Å²) < 4.78 is 1.69. The summed E-state index contributed by atoms with van der Waals surface area (Å²) in [6.07, 6.45) is 3.58. The van der Waals surface area contributed by atoms with Crippen LogP contribution in [-0.4, -0.2) is 38.1 Å². The van der Waals surface area contributed by atoms with Crippen LogP contribution in [0, 0.1) is 5.92 Å².